The molecule has 0 spiro atoms. The van der Waals surface area contributed by atoms with Crippen LogP contribution in [0, 0.1) is 5.82 Å². The van der Waals surface area contributed by atoms with Gasteiger partial charge in [-0.25, -0.2) is 4.39 Å². The molecule has 0 saturated heterocycles. The van der Waals surface area contributed by atoms with Crippen LogP contribution in [0.15, 0.2) is 22.7 Å². The Kier molecular flexibility index (Phi) is 3.80. The minimum absolute atomic E-state index is 0. The van der Waals surface area contributed by atoms with E-state index < -0.39 is 11.4 Å². The van der Waals surface area contributed by atoms with Gasteiger partial charge < -0.3 is 10.3 Å². The molecule has 2 N–H and O–H groups in total. The topological polar surface area (TPSA) is 64.9 Å². The molecular formula is C12H12Cl2FN3O. The lowest BCUT2D eigenvalue weighted by molar-refractivity contribution is 0.229. The first-order valence-corrected chi connectivity index (χ1v) is 6.05. The maximum Gasteiger partial charge on any atom is 0.260 e. The molecule has 1 aromatic heterocycles. The molecule has 0 aliphatic heterocycles. The molecule has 1 aliphatic carbocycles. The second-order valence-corrected chi connectivity index (χ2v) is 4.99. The summed E-state index contributed by atoms with van der Waals surface area (Å²) >= 11 is 5.69. The highest BCUT2D eigenvalue weighted by molar-refractivity contribution is 6.30. The van der Waals surface area contributed by atoms with Gasteiger partial charge in [0.15, 0.2) is 5.82 Å². The first-order valence-electron chi connectivity index (χ1n) is 5.67. The number of halogens is 3. The highest BCUT2D eigenvalue weighted by atomic mass is 35.5. The number of hydrogen-bond donors (Lipinski definition) is 1. The van der Waals surface area contributed by atoms with Crippen molar-refractivity contribution in [1.82, 2.24) is 10.1 Å². The molecule has 1 saturated carbocycles. The van der Waals surface area contributed by atoms with E-state index in [2.05, 4.69) is 10.1 Å². The Morgan fingerprint density at radius 3 is 2.68 bits per heavy atom. The maximum absolute atomic E-state index is 13.7. The molecule has 0 unspecified atom stereocenters. The molecule has 3 rings (SSSR count). The standard InChI is InChI=1S/C12H11ClFN3O.ClH/c13-7-2-3-8(9(14)6-7)10-16-11(17-18-10)12(15)4-1-5-12;/h2-3,6H,1,4-5,15H2;1H. The molecule has 1 heterocycles. The minimum atomic E-state index is -0.509. The van der Waals surface area contributed by atoms with E-state index >= 15 is 0 Å². The summed E-state index contributed by atoms with van der Waals surface area (Å²) in [7, 11) is 0. The highest BCUT2D eigenvalue weighted by Gasteiger charge is 2.39. The summed E-state index contributed by atoms with van der Waals surface area (Å²) in [6.45, 7) is 0. The number of nitrogens with zero attached hydrogens (tertiary/aromatic N) is 2. The predicted octanol–water partition coefficient (Wildman–Crippen LogP) is 3.29. The Labute approximate surface area is 120 Å². The first-order chi connectivity index (χ1) is 8.58. The maximum atomic E-state index is 13.7. The lowest BCUT2D eigenvalue weighted by atomic mass is 9.77. The van der Waals surface area contributed by atoms with E-state index in [9.17, 15) is 4.39 Å². The van der Waals surface area contributed by atoms with Gasteiger partial charge in [0.1, 0.15) is 5.82 Å². The van der Waals surface area contributed by atoms with E-state index in [0.29, 0.717) is 10.8 Å². The Morgan fingerprint density at radius 1 is 1.37 bits per heavy atom. The molecule has 19 heavy (non-hydrogen) atoms. The third-order valence-electron chi connectivity index (χ3n) is 3.28. The molecule has 0 bridgehead atoms. The highest BCUT2D eigenvalue weighted by Crippen LogP contribution is 2.37. The van der Waals surface area contributed by atoms with Gasteiger partial charge in [-0.2, -0.15) is 4.98 Å². The predicted molar refractivity (Wildman–Crippen MR) is 71.7 cm³/mol. The number of rotatable bonds is 2. The van der Waals surface area contributed by atoms with E-state index in [0.717, 1.165) is 19.3 Å². The first kappa shape index (κ1) is 14.2. The third kappa shape index (κ3) is 2.45. The van der Waals surface area contributed by atoms with Crippen LogP contribution in [0.3, 0.4) is 0 Å². The van der Waals surface area contributed by atoms with Gasteiger partial charge in [-0.3, -0.25) is 0 Å². The summed E-state index contributed by atoms with van der Waals surface area (Å²) in [6.07, 6.45) is 2.71. The van der Waals surface area contributed by atoms with Gasteiger partial charge in [0.25, 0.3) is 5.89 Å². The summed E-state index contributed by atoms with van der Waals surface area (Å²) in [6, 6.07) is 4.30. The fraction of sp³-hybridized carbons (Fsp3) is 0.333. The third-order valence-corrected chi connectivity index (χ3v) is 3.51. The molecule has 1 aromatic carbocycles. The van der Waals surface area contributed by atoms with Crippen LogP contribution >= 0.6 is 24.0 Å². The van der Waals surface area contributed by atoms with E-state index in [-0.39, 0.29) is 23.9 Å². The van der Waals surface area contributed by atoms with Gasteiger partial charge in [-0.1, -0.05) is 16.8 Å². The Balaban J connectivity index is 0.00000133. The molecule has 1 fully saturated rings. The number of hydrogen-bond acceptors (Lipinski definition) is 4. The lowest BCUT2D eigenvalue weighted by Crippen LogP contribution is -2.44. The zero-order chi connectivity index (χ0) is 12.8. The van der Waals surface area contributed by atoms with Crippen LogP contribution in [-0.4, -0.2) is 10.1 Å². The van der Waals surface area contributed by atoms with Crippen LogP contribution in [0.25, 0.3) is 11.5 Å². The van der Waals surface area contributed by atoms with Gasteiger partial charge in [-0.05, 0) is 37.5 Å². The van der Waals surface area contributed by atoms with Gasteiger partial charge in [0, 0.05) is 5.02 Å². The fourth-order valence-corrected chi connectivity index (χ4v) is 2.14. The summed E-state index contributed by atoms with van der Waals surface area (Å²) in [4.78, 5) is 4.18. The van der Waals surface area contributed by atoms with Crippen molar-refractivity contribution >= 4 is 24.0 Å². The van der Waals surface area contributed by atoms with Crippen molar-refractivity contribution in [1.29, 1.82) is 0 Å². The Bertz CT molecular complexity index is 598. The van der Waals surface area contributed by atoms with E-state index in [1.165, 1.54) is 12.1 Å². The Hall–Kier alpha value is -1.17. The van der Waals surface area contributed by atoms with Crippen LogP contribution in [0.5, 0.6) is 0 Å². The number of benzene rings is 1. The summed E-state index contributed by atoms with van der Waals surface area (Å²) in [5.74, 6) is 0.0892. The average Bonchev–Trinajstić information content (AvgIpc) is 2.75. The number of nitrogens with two attached hydrogens (primary N) is 1. The molecule has 0 atom stereocenters. The van der Waals surface area contributed by atoms with Crippen LogP contribution in [0.1, 0.15) is 25.1 Å². The smallest absolute Gasteiger partial charge is 0.260 e. The molecule has 1 aliphatic rings. The Morgan fingerprint density at radius 2 is 2.11 bits per heavy atom. The van der Waals surface area contributed by atoms with Gasteiger partial charge in [0.2, 0.25) is 0 Å². The number of aromatic nitrogens is 2. The zero-order valence-corrected chi connectivity index (χ0v) is 11.5. The van der Waals surface area contributed by atoms with Crippen molar-refractivity contribution in [3.05, 3.63) is 34.9 Å². The molecule has 102 valence electrons. The van der Waals surface area contributed by atoms with Crippen LogP contribution < -0.4 is 5.73 Å². The summed E-state index contributed by atoms with van der Waals surface area (Å²) in [5.41, 5.74) is 5.81. The van der Waals surface area contributed by atoms with Crippen molar-refractivity contribution in [3.63, 3.8) is 0 Å². The minimum Gasteiger partial charge on any atom is -0.334 e. The average molecular weight is 304 g/mol. The van der Waals surface area contributed by atoms with E-state index in [4.69, 9.17) is 21.9 Å². The van der Waals surface area contributed by atoms with Crippen molar-refractivity contribution in [3.8, 4) is 11.5 Å². The van der Waals surface area contributed by atoms with Crippen LogP contribution in [-0.2, 0) is 5.54 Å². The van der Waals surface area contributed by atoms with Gasteiger partial charge in [-0.15, -0.1) is 12.4 Å². The van der Waals surface area contributed by atoms with Gasteiger partial charge in [0.05, 0.1) is 11.1 Å². The second kappa shape index (κ2) is 5.07. The zero-order valence-electron chi connectivity index (χ0n) is 9.90. The molecule has 2 aromatic rings. The normalized spacial score (nSPS) is 16.6. The largest absolute Gasteiger partial charge is 0.334 e. The lowest BCUT2D eigenvalue weighted by Gasteiger charge is -2.34. The van der Waals surface area contributed by atoms with E-state index in [1.807, 2.05) is 0 Å². The van der Waals surface area contributed by atoms with Crippen LogP contribution in [0.4, 0.5) is 4.39 Å². The van der Waals surface area contributed by atoms with Gasteiger partial charge >= 0.3 is 0 Å². The van der Waals surface area contributed by atoms with E-state index in [1.54, 1.807) is 6.07 Å². The van der Waals surface area contributed by atoms with Crippen molar-refractivity contribution in [2.24, 2.45) is 5.73 Å². The molecular weight excluding hydrogens is 292 g/mol. The molecule has 4 nitrogen and oxygen atoms in total. The van der Waals surface area contributed by atoms with Crippen molar-refractivity contribution in [2.75, 3.05) is 0 Å². The second-order valence-electron chi connectivity index (χ2n) is 4.56. The molecule has 7 heteroatoms. The van der Waals surface area contributed by atoms with Crippen molar-refractivity contribution < 1.29 is 8.91 Å². The quantitative estimate of drug-likeness (QED) is 0.924. The van der Waals surface area contributed by atoms with Crippen molar-refractivity contribution in [2.45, 2.75) is 24.8 Å². The summed E-state index contributed by atoms with van der Waals surface area (Å²) in [5, 5.41) is 4.16. The SMILES string of the molecule is Cl.NC1(c2noc(-c3ccc(Cl)cc3F)n2)CCC1. The fourth-order valence-electron chi connectivity index (χ4n) is 1.98. The van der Waals surface area contributed by atoms with Crippen LogP contribution in [0.2, 0.25) is 5.02 Å². The molecule has 0 radical (unpaired) electrons. The summed E-state index contributed by atoms with van der Waals surface area (Å²) < 4.78 is 18.8. The molecule has 0 amide bonds. The monoisotopic (exact) mass is 303 g/mol.